The van der Waals surface area contributed by atoms with Crippen molar-refractivity contribution in [1.29, 1.82) is 0 Å². The Kier molecular flexibility index (Phi) is 3.08. The lowest BCUT2D eigenvalue weighted by Gasteiger charge is -2.08. The second-order valence-corrected chi connectivity index (χ2v) is 4.83. The maximum absolute atomic E-state index is 5.80. The molecule has 1 nitrogen and oxygen atoms in total. The van der Waals surface area contributed by atoms with Gasteiger partial charge in [0, 0.05) is 10.5 Å². The fraction of sp³-hybridized carbons (Fsp3) is 0.231. The maximum atomic E-state index is 5.80. The van der Waals surface area contributed by atoms with E-state index < -0.39 is 0 Å². The van der Waals surface area contributed by atoms with Crippen molar-refractivity contribution in [1.82, 2.24) is 0 Å². The molecule has 2 aromatic carbocycles. The third-order valence-corrected chi connectivity index (χ3v) is 3.08. The SMILES string of the molecule is CC(N)Cc1cc(Br)c2ccccc2c1. The molecule has 0 fully saturated rings. The number of rotatable bonds is 2. The van der Waals surface area contributed by atoms with Gasteiger partial charge in [-0.15, -0.1) is 0 Å². The summed E-state index contributed by atoms with van der Waals surface area (Å²) in [6.45, 7) is 2.03. The van der Waals surface area contributed by atoms with Crippen molar-refractivity contribution >= 4 is 26.7 Å². The lowest BCUT2D eigenvalue weighted by molar-refractivity contribution is 0.738. The molecule has 2 rings (SSSR count). The highest BCUT2D eigenvalue weighted by Gasteiger charge is 2.03. The lowest BCUT2D eigenvalue weighted by atomic mass is 10.0. The van der Waals surface area contributed by atoms with Crippen LogP contribution in [0.3, 0.4) is 0 Å². The van der Waals surface area contributed by atoms with E-state index >= 15 is 0 Å². The van der Waals surface area contributed by atoms with Gasteiger partial charge in [-0.1, -0.05) is 46.3 Å². The average Bonchev–Trinajstić information content (AvgIpc) is 2.16. The van der Waals surface area contributed by atoms with Crippen molar-refractivity contribution in [3.05, 3.63) is 46.4 Å². The van der Waals surface area contributed by atoms with Gasteiger partial charge >= 0.3 is 0 Å². The highest BCUT2D eigenvalue weighted by molar-refractivity contribution is 9.10. The first kappa shape index (κ1) is 10.7. The van der Waals surface area contributed by atoms with Gasteiger partial charge in [0.15, 0.2) is 0 Å². The molecule has 0 radical (unpaired) electrons. The Hall–Kier alpha value is -0.860. The predicted octanol–water partition coefficient (Wildman–Crippen LogP) is 3.49. The largest absolute Gasteiger partial charge is 0.328 e. The number of hydrogen-bond acceptors (Lipinski definition) is 1. The highest BCUT2D eigenvalue weighted by Crippen LogP contribution is 2.26. The molecule has 15 heavy (non-hydrogen) atoms. The summed E-state index contributed by atoms with van der Waals surface area (Å²) in [4.78, 5) is 0. The molecule has 1 unspecified atom stereocenters. The quantitative estimate of drug-likeness (QED) is 0.882. The number of benzene rings is 2. The first-order valence-electron chi connectivity index (χ1n) is 5.09. The van der Waals surface area contributed by atoms with Crippen molar-refractivity contribution in [3.8, 4) is 0 Å². The molecule has 0 aromatic heterocycles. The van der Waals surface area contributed by atoms with Crippen LogP contribution in [0, 0.1) is 0 Å². The maximum Gasteiger partial charge on any atom is 0.0256 e. The van der Waals surface area contributed by atoms with E-state index in [1.165, 1.54) is 16.3 Å². The van der Waals surface area contributed by atoms with Gasteiger partial charge in [0.1, 0.15) is 0 Å². The second-order valence-electron chi connectivity index (χ2n) is 3.98. The third kappa shape index (κ3) is 2.39. The van der Waals surface area contributed by atoms with Gasteiger partial charge < -0.3 is 5.73 Å². The lowest BCUT2D eigenvalue weighted by Crippen LogP contribution is -2.17. The first-order chi connectivity index (χ1) is 7.16. The molecule has 0 saturated carbocycles. The minimum atomic E-state index is 0.207. The summed E-state index contributed by atoms with van der Waals surface area (Å²) in [6, 6.07) is 12.9. The van der Waals surface area contributed by atoms with Crippen LogP contribution >= 0.6 is 15.9 Å². The van der Waals surface area contributed by atoms with Gasteiger partial charge in [0.05, 0.1) is 0 Å². The molecule has 2 heteroatoms. The van der Waals surface area contributed by atoms with E-state index in [2.05, 4.69) is 52.3 Å². The summed E-state index contributed by atoms with van der Waals surface area (Å²) in [7, 11) is 0. The molecule has 0 aliphatic rings. The van der Waals surface area contributed by atoms with Gasteiger partial charge in [0.2, 0.25) is 0 Å². The number of halogens is 1. The second kappa shape index (κ2) is 4.33. The number of fused-ring (bicyclic) bond motifs is 1. The van der Waals surface area contributed by atoms with Crippen LogP contribution < -0.4 is 5.73 Å². The average molecular weight is 264 g/mol. The fourth-order valence-electron chi connectivity index (χ4n) is 1.81. The summed E-state index contributed by atoms with van der Waals surface area (Å²) < 4.78 is 1.15. The molecule has 0 heterocycles. The van der Waals surface area contributed by atoms with Gasteiger partial charge in [-0.2, -0.15) is 0 Å². The van der Waals surface area contributed by atoms with Gasteiger partial charge in [-0.25, -0.2) is 0 Å². The molecule has 0 aliphatic heterocycles. The highest BCUT2D eigenvalue weighted by atomic mass is 79.9. The van der Waals surface area contributed by atoms with Crippen LogP contribution in [0.25, 0.3) is 10.8 Å². The Morgan fingerprint density at radius 3 is 2.73 bits per heavy atom. The van der Waals surface area contributed by atoms with Crippen LogP contribution in [0.5, 0.6) is 0 Å². The third-order valence-electron chi connectivity index (χ3n) is 2.43. The van der Waals surface area contributed by atoms with Crippen molar-refractivity contribution in [3.63, 3.8) is 0 Å². The zero-order chi connectivity index (χ0) is 10.8. The zero-order valence-corrected chi connectivity index (χ0v) is 10.3. The van der Waals surface area contributed by atoms with Gasteiger partial charge in [-0.3, -0.25) is 0 Å². The van der Waals surface area contributed by atoms with Crippen LogP contribution in [0.2, 0.25) is 0 Å². The Balaban J connectivity index is 2.52. The molecule has 2 N–H and O–H groups in total. The summed E-state index contributed by atoms with van der Waals surface area (Å²) >= 11 is 3.60. The minimum absolute atomic E-state index is 0.207. The fourth-order valence-corrected chi connectivity index (χ4v) is 2.47. The number of nitrogens with two attached hydrogens (primary N) is 1. The Bertz CT molecular complexity index is 477. The predicted molar refractivity (Wildman–Crippen MR) is 69.0 cm³/mol. The summed E-state index contributed by atoms with van der Waals surface area (Å²) in [5.41, 5.74) is 7.09. The Morgan fingerprint density at radius 2 is 2.00 bits per heavy atom. The van der Waals surface area contributed by atoms with Crippen molar-refractivity contribution < 1.29 is 0 Å². The molecule has 2 aromatic rings. The van der Waals surface area contributed by atoms with Crippen LogP contribution in [0.4, 0.5) is 0 Å². The summed E-state index contributed by atoms with van der Waals surface area (Å²) in [5, 5.41) is 2.52. The van der Waals surface area contributed by atoms with E-state index in [4.69, 9.17) is 5.73 Å². The molecule has 78 valence electrons. The Labute approximate surface area is 98.4 Å². The van der Waals surface area contributed by atoms with E-state index in [-0.39, 0.29) is 6.04 Å². The molecule has 1 atom stereocenters. The molecular weight excluding hydrogens is 250 g/mol. The molecule has 0 spiro atoms. The van der Waals surface area contributed by atoms with E-state index in [0.29, 0.717) is 0 Å². The minimum Gasteiger partial charge on any atom is -0.328 e. The number of hydrogen-bond donors (Lipinski definition) is 1. The van der Waals surface area contributed by atoms with Gasteiger partial charge in [-0.05, 0) is 35.7 Å². The van der Waals surface area contributed by atoms with E-state index in [1.54, 1.807) is 0 Å². The standard InChI is InChI=1S/C13H14BrN/c1-9(15)6-10-7-11-4-2-3-5-12(11)13(14)8-10/h2-5,7-9H,6,15H2,1H3. The van der Waals surface area contributed by atoms with Crippen LogP contribution in [0.15, 0.2) is 40.9 Å². The zero-order valence-electron chi connectivity index (χ0n) is 8.70. The Morgan fingerprint density at radius 1 is 1.27 bits per heavy atom. The molecule has 0 amide bonds. The topological polar surface area (TPSA) is 26.0 Å². The summed E-state index contributed by atoms with van der Waals surface area (Å²) in [6.07, 6.45) is 0.920. The molecule has 0 saturated heterocycles. The smallest absolute Gasteiger partial charge is 0.0256 e. The molecule has 0 bridgehead atoms. The first-order valence-corrected chi connectivity index (χ1v) is 5.89. The normalized spacial score (nSPS) is 13.0. The van der Waals surface area contributed by atoms with E-state index in [9.17, 15) is 0 Å². The van der Waals surface area contributed by atoms with Crippen LogP contribution in [-0.2, 0) is 6.42 Å². The van der Waals surface area contributed by atoms with Crippen LogP contribution in [0.1, 0.15) is 12.5 Å². The van der Waals surface area contributed by atoms with E-state index in [0.717, 1.165) is 10.9 Å². The summed E-state index contributed by atoms with van der Waals surface area (Å²) in [5.74, 6) is 0. The van der Waals surface area contributed by atoms with Crippen molar-refractivity contribution in [2.24, 2.45) is 5.73 Å². The molecule has 0 aliphatic carbocycles. The van der Waals surface area contributed by atoms with E-state index in [1.807, 2.05) is 6.92 Å². The van der Waals surface area contributed by atoms with Crippen LogP contribution in [-0.4, -0.2) is 6.04 Å². The molecular formula is C13H14BrN. The van der Waals surface area contributed by atoms with Crippen molar-refractivity contribution in [2.75, 3.05) is 0 Å². The van der Waals surface area contributed by atoms with Crippen molar-refractivity contribution in [2.45, 2.75) is 19.4 Å². The monoisotopic (exact) mass is 263 g/mol. The van der Waals surface area contributed by atoms with Gasteiger partial charge in [0.25, 0.3) is 0 Å².